The van der Waals surface area contributed by atoms with Gasteiger partial charge in [-0.1, -0.05) is 68.5 Å². The van der Waals surface area contributed by atoms with Crippen molar-refractivity contribution in [2.24, 2.45) is 4.99 Å². The molecule has 0 saturated carbocycles. The molecule has 2 aromatic carbocycles. The smallest absolute Gasteiger partial charge is 0.338 e. The zero-order valence-corrected chi connectivity index (χ0v) is 24.2. The topological polar surface area (TPSA) is 117 Å². The highest BCUT2D eigenvalue weighted by Crippen LogP contribution is 2.33. The van der Waals surface area contributed by atoms with Crippen molar-refractivity contribution in [1.29, 1.82) is 0 Å². The molecule has 4 aromatic rings. The number of ether oxygens (including phenoxy) is 1. The van der Waals surface area contributed by atoms with Crippen molar-refractivity contribution in [3.05, 3.63) is 119 Å². The van der Waals surface area contributed by atoms with E-state index in [-0.39, 0.29) is 23.3 Å². The van der Waals surface area contributed by atoms with Crippen LogP contribution in [-0.4, -0.2) is 22.1 Å². The molecule has 1 atom stereocenters. The second-order valence-electron chi connectivity index (χ2n) is 10.7. The van der Waals surface area contributed by atoms with Crippen molar-refractivity contribution in [3.63, 3.8) is 0 Å². The van der Waals surface area contributed by atoms with Gasteiger partial charge in [0.25, 0.3) is 11.2 Å². The lowest BCUT2D eigenvalue weighted by atomic mass is 9.85. The summed E-state index contributed by atoms with van der Waals surface area (Å²) in [6.45, 7) is 10.0. The molecule has 0 bridgehead atoms. The van der Waals surface area contributed by atoms with E-state index in [2.05, 4.69) is 25.8 Å². The second kappa shape index (κ2) is 10.8. The monoisotopic (exact) mass is 571 g/mol. The Morgan fingerprint density at radius 3 is 2.51 bits per heavy atom. The summed E-state index contributed by atoms with van der Waals surface area (Å²) in [7, 11) is 0. The first-order chi connectivity index (χ1) is 19.5. The average Bonchev–Trinajstić information content (AvgIpc) is 3.51. The molecule has 2 aromatic heterocycles. The van der Waals surface area contributed by atoms with Gasteiger partial charge in [0, 0.05) is 12.1 Å². The van der Waals surface area contributed by atoms with Crippen LogP contribution in [0.4, 0.5) is 5.69 Å². The highest BCUT2D eigenvalue weighted by Gasteiger charge is 2.33. The van der Waals surface area contributed by atoms with E-state index in [4.69, 9.17) is 9.15 Å². The van der Waals surface area contributed by atoms with E-state index in [0.717, 1.165) is 11.1 Å². The normalized spacial score (nSPS) is 15.4. The molecular weight excluding hydrogens is 542 g/mol. The van der Waals surface area contributed by atoms with Gasteiger partial charge in [0.1, 0.15) is 11.5 Å². The highest BCUT2D eigenvalue weighted by atomic mass is 32.1. The fourth-order valence-corrected chi connectivity index (χ4v) is 5.84. The summed E-state index contributed by atoms with van der Waals surface area (Å²) >= 11 is 1.18. The van der Waals surface area contributed by atoms with Crippen molar-refractivity contribution in [2.45, 2.75) is 46.1 Å². The number of aromatic nitrogens is 1. The maximum Gasteiger partial charge on any atom is 0.338 e. The number of carbonyl (C=O) groups excluding carboxylic acids is 1. The number of para-hydroxylation sites is 1. The number of esters is 1. The lowest BCUT2D eigenvalue weighted by Gasteiger charge is -2.26. The molecule has 1 aliphatic heterocycles. The van der Waals surface area contributed by atoms with Gasteiger partial charge < -0.3 is 9.15 Å². The molecule has 3 heterocycles. The summed E-state index contributed by atoms with van der Waals surface area (Å²) in [6, 6.07) is 16.8. The maximum atomic E-state index is 13.9. The van der Waals surface area contributed by atoms with E-state index >= 15 is 0 Å². The van der Waals surface area contributed by atoms with Crippen molar-refractivity contribution in [3.8, 4) is 11.3 Å². The second-order valence-corrected chi connectivity index (χ2v) is 11.7. The Morgan fingerprint density at radius 2 is 1.85 bits per heavy atom. The van der Waals surface area contributed by atoms with Crippen LogP contribution in [0.5, 0.6) is 0 Å². The molecule has 41 heavy (non-hydrogen) atoms. The van der Waals surface area contributed by atoms with Gasteiger partial charge in [-0.25, -0.2) is 9.79 Å². The third-order valence-electron chi connectivity index (χ3n) is 6.88. The highest BCUT2D eigenvalue weighted by molar-refractivity contribution is 7.07. The van der Waals surface area contributed by atoms with Gasteiger partial charge in [0.05, 0.1) is 38.9 Å². The summed E-state index contributed by atoms with van der Waals surface area (Å²) in [5.74, 6) is 0.150. The van der Waals surface area contributed by atoms with E-state index in [1.165, 1.54) is 22.0 Å². The number of hydrogen-bond acceptors (Lipinski definition) is 8. The third-order valence-corrected chi connectivity index (χ3v) is 7.86. The summed E-state index contributed by atoms with van der Waals surface area (Å²) < 4.78 is 13.1. The first-order valence-electron chi connectivity index (χ1n) is 13.1. The number of hydrogen-bond donors (Lipinski definition) is 0. The maximum absolute atomic E-state index is 13.9. The Morgan fingerprint density at radius 1 is 1.15 bits per heavy atom. The van der Waals surface area contributed by atoms with Gasteiger partial charge in [0.2, 0.25) is 0 Å². The minimum absolute atomic E-state index is 0.0647. The Kier molecular flexibility index (Phi) is 7.35. The molecule has 0 radical (unpaired) electrons. The van der Waals surface area contributed by atoms with Crippen LogP contribution in [0.25, 0.3) is 17.4 Å². The average molecular weight is 572 g/mol. The van der Waals surface area contributed by atoms with Gasteiger partial charge in [-0.3, -0.25) is 19.5 Å². The van der Waals surface area contributed by atoms with Crippen LogP contribution in [0.2, 0.25) is 0 Å². The molecular formula is C31H29N3O6S. The third kappa shape index (κ3) is 5.30. The number of furan rings is 1. The molecule has 5 rings (SSSR count). The Hall–Kier alpha value is -4.57. The number of allylic oxidation sites excluding steroid dienone is 1. The molecule has 210 valence electrons. The van der Waals surface area contributed by atoms with Crippen LogP contribution in [0.1, 0.15) is 57.5 Å². The van der Waals surface area contributed by atoms with E-state index in [1.807, 2.05) is 24.3 Å². The van der Waals surface area contributed by atoms with E-state index in [1.54, 1.807) is 50.3 Å². The van der Waals surface area contributed by atoms with Gasteiger partial charge in [-0.15, -0.1) is 0 Å². The van der Waals surface area contributed by atoms with Crippen LogP contribution >= 0.6 is 11.3 Å². The number of thiazole rings is 1. The Labute approximate surface area is 239 Å². The zero-order valence-electron chi connectivity index (χ0n) is 23.3. The van der Waals surface area contributed by atoms with Gasteiger partial charge >= 0.3 is 5.97 Å². The fourth-order valence-electron chi connectivity index (χ4n) is 4.82. The quantitative estimate of drug-likeness (QED) is 0.177. The number of fused-ring (bicyclic) bond motifs is 1. The first-order valence-corrected chi connectivity index (χ1v) is 13.9. The molecule has 0 aliphatic carbocycles. The molecule has 0 spiro atoms. The van der Waals surface area contributed by atoms with Crippen molar-refractivity contribution in [1.82, 2.24) is 4.57 Å². The van der Waals surface area contributed by atoms with Crippen LogP contribution in [-0.2, 0) is 14.9 Å². The largest absolute Gasteiger partial charge is 0.463 e. The van der Waals surface area contributed by atoms with E-state index in [0.29, 0.717) is 37.7 Å². The predicted molar refractivity (Wildman–Crippen MR) is 156 cm³/mol. The van der Waals surface area contributed by atoms with E-state index < -0.39 is 16.9 Å². The Bertz CT molecular complexity index is 1870. The molecule has 0 N–H and O–H groups in total. The van der Waals surface area contributed by atoms with E-state index in [9.17, 15) is 19.7 Å². The molecule has 1 aliphatic rings. The molecule has 0 fully saturated rings. The standard InChI is InChI=1S/C31H29N3O6S/c1-6-39-29(36)26-18(2)32-30-33(27(26)19-11-13-20(14-12-19)31(3,4)5)28(35)25(41-30)17-21-15-16-24(40-21)22-9-7-8-10-23(22)34(37)38/h7-17,27H,6H2,1-5H3/b25-17+. The fraction of sp³-hybridized carbons (Fsp3) is 0.258. The summed E-state index contributed by atoms with van der Waals surface area (Å²) in [5.41, 5.74) is 2.55. The van der Waals surface area contributed by atoms with Crippen LogP contribution in [0, 0.1) is 10.1 Å². The SMILES string of the molecule is CCOC(=O)C1=C(C)N=c2s/c(=C/c3ccc(-c4ccccc4[N+](=O)[O-])o3)c(=O)n2C1c1ccc(C(C)(C)C)cc1. The minimum atomic E-state index is -0.722. The number of rotatable bonds is 6. The van der Waals surface area contributed by atoms with Gasteiger partial charge in [-0.05, 0) is 48.6 Å². The number of benzene rings is 2. The van der Waals surface area contributed by atoms with Gasteiger partial charge in [0.15, 0.2) is 4.80 Å². The summed E-state index contributed by atoms with van der Waals surface area (Å²) in [4.78, 5) is 43.0. The number of nitro groups is 1. The lowest BCUT2D eigenvalue weighted by molar-refractivity contribution is -0.384. The minimum Gasteiger partial charge on any atom is -0.463 e. The predicted octanol–water partition coefficient (Wildman–Crippen LogP) is 5.26. The van der Waals surface area contributed by atoms with Crippen LogP contribution < -0.4 is 14.9 Å². The molecule has 9 nitrogen and oxygen atoms in total. The number of nitrogens with zero attached hydrogens (tertiary/aromatic N) is 3. The lowest BCUT2D eigenvalue weighted by Crippen LogP contribution is -2.40. The number of nitro benzene ring substituents is 1. The Balaban J connectivity index is 1.63. The number of carbonyl (C=O) groups is 1. The van der Waals surface area contributed by atoms with Crippen molar-refractivity contribution in [2.75, 3.05) is 6.61 Å². The van der Waals surface area contributed by atoms with Crippen molar-refractivity contribution >= 4 is 29.1 Å². The van der Waals surface area contributed by atoms with Gasteiger partial charge in [-0.2, -0.15) is 0 Å². The summed E-state index contributed by atoms with van der Waals surface area (Å²) in [6.07, 6.45) is 1.59. The van der Waals surface area contributed by atoms with Crippen molar-refractivity contribution < 1.29 is 18.9 Å². The van der Waals surface area contributed by atoms with Crippen LogP contribution in [0.3, 0.4) is 0 Å². The summed E-state index contributed by atoms with van der Waals surface area (Å²) in [5, 5.41) is 11.5. The molecule has 1 unspecified atom stereocenters. The van der Waals surface area contributed by atoms with Crippen LogP contribution in [0.15, 0.2) is 86.1 Å². The first kappa shape index (κ1) is 28.0. The molecule has 0 amide bonds. The molecule has 0 saturated heterocycles. The molecule has 10 heteroatoms. The zero-order chi connectivity index (χ0) is 29.5.